The van der Waals surface area contributed by atoms with Gasteiger partial charge in [-0.1, -0.05) is 6.07 Å². The van der Waals surface area contributed by atoms with E-state index < -0.39 is 0 Å². The Morgan fingerprint density at radius 1 is 1.38 bits per heavy atom. The van der Waals surface area contributed by atoms with Crippen molar-refractivity contribution in [2.24, 2.45) is 0 Å². The van der Waals surface area contributed by atoms with Gasteiger partial charge in [0.05, 0.1) is 0 Å². The molecule has 0 aliphatic rings. The van der Waals surface area contributed by atoms with Crippen molar-refractivity contribution in [3.8, 4) is 0 Å². The lowest BCUT2D eigenvalue weighted by atomic mass is 10.3. The average Bonchev–Trinajstić information content (AvgIpc) is 2.19. The molecule has 13 heavy (non-hydrogen) atoms. The summed E-state index contributed by atoms with van der Waals surface area (Å²) in [7, 11) is 0. The van der Waals surface area contributed by atoms with E-state index in [1.54, 1.807) is 0 Å². The second-order valence-corrected chi connectivity index (χ2v) is 3.83. The van der Waals surface area contributed by atoms with Crippen LogP contribution in [0.25, 0.3) is 0 Å². The Bertz CT molecular complexity index is 213. The minimum atomic E-state index is 0.978. The van der Waals surface area contributed by atoms with Gasteiger partial charge in [-0.25, -0.2) is 4.98 Å². The van der Waals surface area contributed by atoms with Crippen molar-refractivity contribution in [1.29, 1.82) is 0 Å². The first-order valence-corrected chi connectivity index (χ1v) is 5.96. The SMILES string of the molecule is CSCCCCNc1ccccn1. The predicted molar refractivity (Wildman–Crippen MR) is 60.3 cm³/mol. The molecule has 0 aliphatic heterocycles. The van der Waals surface area contributed by atoms with E-state index in [9.17, 15) is 0 Å². The fraction of sp³-hybridized carbons (Fsp3) is 0.500. The zero-order valence-electron chi connectivity index (χ0n) is 7.99. The Morgan fingerprint density at radius 2 is 2.31 bits per heavy atom. The van der Waals surface area contributed by atoms with E-state index in [1.807, 2.05) is 36.2 Å². The van der Waals surface area contributed by atoms with Crippen molar-refractivity contribution < 1.29 is 0 Å². The van der Waals surface area contributed by atoms with E-state index in [0.29, 0.717) is 0 Å². The van der Waals surface area contributed by atoms with Crippen molar-refractivity contribution >= 4 is 17.6 Å². The number of hydrogen-bond donors (Lipinski definition) is 1. The second kappa shape index (κ2) is 6.78. The van der Waals surface area contributed by atoms with Gasteiger partial charge < -0.3 is 5.32 Å². The maximum atomic E-state index is 4.18. The molecule has 1 aromatic rings. The third kappa shape index (κ3) is 4.78. The highest BCUT2D eigenvalue weighted by Gasteiger charge is 1.90. The molecule has 0 unspecified atom stereocenters. The summed E-state index contributed by atoms with van der Waals surface area (Å²) in [5.41, 5.74) is 0. The van der Waals surface area contributed by atoms with Crippen molar-refractivity contribution in [3.63, 3.8) is 0 Å². The Balaban J connectivity index is 2.07. The van der Waals surface area contributed by atoms with Crippen LogP contribution in [0.4, 0.5) is 5.82 Å². The fourth-order valence-electron chi connectivity index (χ4n) is 1.06. The number of thioether (sulfide) groups is 1. The molecule has 0 amide bonds. The first kappa shape index (κ1) is 10.4. The van der Waals surface area contributed by atoms with Gasteiger partial charge in [0.15, 0.2) is 0 Å². The van der Waals surface area contributed by atoms with Crippen molar-refractivity contribution in [2.45, 2.75) is 12.8 Å². The zero-order valence-corrected chi connectivity index (χ0v) is 8.81. The number of unbranched alkanes of at least 4 members (excludes halogenated alkanes) is 1. The van der Waals surface area contributed by atoms with E-state index in [-0.39, 0.29) is 0 Å². The van der Waals surface area contributed by atoms with Crippen LogP contribution in [0, 0.1) is 0 Å². The molecule has 0 aliphatic carbocycles. The summed E-state index contributed by atoms with van der Waals surface area (Å²) in [6, 6.07) is 5.92. The number of nitrogens with one attached hydrogen (secondary N) is 1. The summed E-state index contributed by atoms with van der Waals surface area (Å²) in [6.07, 6.45) is 6.45. The van der Waals surface area contributed by atoms with E-state index in [0.717, 1.165) is 12.4 Å². The van der Waals surface area contributed by atoms with Gasteiger partial charge in [0.1, 0.15) is 5.82 Å². The number of nitrogens with zero attached hydrogens (tertiary/aromatic N) is 1. The summed E-state index contributed by atoms with van der Waals surface area (Å²) in [4.78, 5) is 4.18. The first-order chi connectivity index (χ1) is 6.43. The predicted octanol–water partition coefficient (Wildman–Crippen LogP) is 2.64. The highest BCUT2D eigenvalue weighted by molar-refractivity contribution is 7.98. The van der Waals surface area contributed by atoms with Gasteiger partial charge in [0, 0.05) is 12.7 Å². The summed E-state index contributed by atoms with van der Waals surface area (Å²) >= 11 is 1.90. The maximum absolute atomic E-state index is 4.18. The van der Waals surface area contributed by atoms with E-state index >= 15 is 0 Å². The van der Waals surface area contributed by atoms with Crippen LogP contribution in [0.3, 0.4) is 0 Å². The molecule has 2 nitrogen and oxygen atoms in total. The van der Waals surface area contributed by atoms with Crippen LogP contribution in [0.5, 0.6) is 0 Å². The van der Waals surface area contributed by atoms with Crippen LogP contribution in [0.15, 0.2) is 24.4 Å². The summed E-state index contributed by atoms with van der Waals surface area (Å²) in [6.45, 7) is 1.03. The number of rotatable bonds is 6. The minimum absolute atomic E-state index is 0.978. The topological polar surface area (TPSA) is 24.9 Å². The van der Waals surface area contributed by atoms with Crippen LogP contribution in [0.2, 0.25) is 0 Å². The molecule has 0 bridgehead atoms. The van der Waals surface area contributed by atoms with Gasteiger partial charge >= 0.3 is 0 Å². The standard InChI is InChI=1S/C10H16N2S/c1-13-9-5-4-8-12-10-6-2-3-7-11-10/h2-3,6-7H,4-5,8-9H2,1H3,(H,11,12). The van der Waals surface area contributed by atoms with Crippen molar-refractivity contribution in [1.82, 2.24) is 4.98 Å². The van der Waals surface area contributed by atoms with Crippen LogP contribution in [-0.2, 0) is 0 Å². The molecule has 72 valence electrons. The number of anilines is 1. The van der Waals surface area contributed by atoms with E-state index in [1.165, 1.54) is 18.6 Å². The molecular formula is C10H16N2S. The average molecular weight is 196 g/mol. The highest BCUT2D eigenvalue weighted by atomic mass is 32.2. The lowest BCUT2D eigenvalue weighted by Crippen LogP contribution is -2.02. The van der Waals surface area contributed by atoms with Gasteiger partial charge in [0.2, 0.25) is 0 Å². The molecule has 0 fully saturated rings. The molecule has 0 spiro atoms. The Labute approximate surface area is 84.1 Å². The summed E-state index contributed by atoms with van der Waals surface area (Å²) in [5, 5.41) is 3.28. The van der Waals surface area contributed by atoms with Crippen LogP contribution < -0.4 is 5.32 Å². The molecule has 0 atom stereocenters. The van der Waals surface area contributed by atoms with Gasteiger partial charge in [-0.15, -0.1) is 0 Å². The zero-order chi connectivity index (χ0) is 9.36. The summed E-state index contributed by atoms with van der Waals surface area (Å²) < 4.78 is 0. The molecule has 0 radical (unpaired) electrons. The largest absolute Gasteiger partial charge is 0.370 e. The van der Waals surface area contributed by atoms with Gasteiger partial charge in [-0.2, -0.15) is 11.8 Å². The molecular weight excluding hydrogens is 180 g/mol. The third-order valence-electron chi connectivity index (χ3n) is 1.75. The third-order valence-corrected chi connectivity index (χ3v) is 2.44. The quantitative estimate of drug-likeness (QED) is 0.708. The van der Waals surface area contributed by atoms with Crippen molar-refractivity contribution in [2.75, 3.05) is 23.9 Å². The Hall–Kier alpha value is -0.700. The number of aromatic nitrogens is 1. The molecule has 0 aromatic carbocycles. The normalized spacial score (nSPS) is 9.92. The van der Waals surface area contributed by atoms with E-state index in [4.69, 9.17) is 0 Å². The number of hydrogen-bond acceptors (Lipinski definition) is 3. The first-order valence-electron chi connectivity index (χ1n) is 4.57. The Morgan fingerprint density at radius 3 is 3.00 bits per heavy atom. The smallest absolute Gasteiger partial charge is 0.125 e. The monoisotopic (exact) mass is 196 g/mol. The van der Waals surface area contributed by atoms with Crippen LogP contribution in [-0.4, -0.2) is 23.5 Å². The Kier molecular flexibility index (Phi) is 5.41. The van der Waals surface area contributed by atoms with Gasteiger partial charge in [-0.3, -0.25) is 0 Å². The lowest BCUT2D eigenvalue weighted by Gasteiger charge is -2.03. The van der Waals surface area contributed by atoms with Crippen molar-refractivity contribution in [3.05, 3.63) is 24.4 Å². The number of pyridine rings is 1. The molecule has 1 aromatic heterocycles. The van der Waals surface area contributed by atoms with Gasteiger partial charge in [-0.05, 0) is 37.0 Å². The van der Waals surface area contributed by atoms with E-state index in [2.05, 4.69) is 16.6 Å². The van der Waals surface area contributed by atoms with Crippen LogP contribution >= 0.6 is 11.8 Å². The van der Waals surface area contributed by atoms with Crippen LogP contribution in [0.1, 0.15) is 12.8 Å². The lowest BCUT2D eigenvalue weighted by molar-refractivity contribution is 0.840. The van der Waals surface area contributed by atoms with Gasteiger partial charge in [0.25, 0.3) is 0 Å². The maximum Gasteiger partial charge on any atom is 0.125 e. The molecule has 1 heterocycles. The summed E-state index contributed by atoms with van der Waals surface area (Å²) in [5.74, 6) is 2.23. The molecule has 1 N–H and O–H groups in total. The fourth-order valence-corrected chi connectivity index (χ4v) is 1.55. The molecule has 3 heteroatoms. The second-order valence-electron chi connectivity index (χ2n) is 2.84. The molecule has 0 saturated carbocycles. The molecule has 0 saturated heterocycles. The highest BCUT2D eigenvalue weighted by Crippen LogP contribution is 2.02. The minimum Gasteiger partial charge on any atom is -0.370 e. The molecule has 1 rings (SSSR count).